The Hall–Kier alpha value is -3.24. The van der Waals surface area contributed by atoms with Crippen LogP contribution in [0.3, 0.4) is 0 Å². The van der Waals surface area contributed by atoms with Crippen LogP contribution in [0, 0.1) is 0 Å². The van der Waals surface area contributed by atoms with E-state index in [0.29, 0.717) is 0 Å². The molecule has 0 radical (unpaired) electrons. The second kappa shape index (κ2) is 8.48. The third kappa shape index (κ3) is 3.91. The van der Waals surface area contributed by atoms with E-state index in [1.807, 2.05) is 24.3 Å². The molecule has 0 N–H and O–H groups in total. The first-order valence-electron chi connectivity index (χ1n) is 10.8. The average Bonchev–Trinajstić information content (AvgIpc) is 3.18. The molecule has 0 amide bonds. The third-order valence-electron chi connectivity index (χ3n) is 6.22. The summed E-state index contributed by atoms with van der Waals surface area (Å²) in [6, 6.07) is 23.0. The molecule has 5 rings (SSSR count). The van der Waals surface area contributed by atoms with Gasteiger partial charge in [0, 0.05) is 30.6 Å². The minimum absolute atomic E-state index is 0.774. The SMILES string of the molecule is COc1ccc2c(c1)CCN(Cc1ccc(OC)c3oc(-c4ccccc4)cc13)CC2. The number of fused-ring (bicyclic) bond motifs is 2. The van der Waals surface area contributed by atoms with E-state index in [9.17, 15) is 0 Å². The molecular formula is C27H27NO3. The molecule has 1 aromatic heterocycles. The largest absolute Gasteiger partial charge is 0.497 e. The van der Waals surface area contributed by atoms with Crippen LogP contribution in [0.25, 0.3) is 22.3 Å². The Kier molecular flexibility index (Phi) is 5.39. The number of hydrogen-bond donors (Lipinski definition) is 0. The van der Waals surface area contributed by atoms with Crippen molar-refractivity contribution in [3.63, 3.8) is 0 Å². The third-order valence-corrected chi connectivity index (χ3v) is 6.22. The van der Waals surface area contributed by atoms with Crippen LogP contribution in [0.4, 0.5) is 0 Å². The summed E-state index contributed by atoms with van der Waals surface area (Å²) >= 11 is 0. The minimum Gasteiger partial charge on any atom is -0.497 e. The summed E-state index contributed by atoms with van der Waals surface area (Å²) in [5.41, 5.74) is 5.99. The van der Waals surface area contributed by atoms with Crippen molar-refractivity contribution in [2.24, 2.45) is 0 Å². The van der Waals surface area contributed by atoms with Gasteiger partial charge in [0.05, 0.1) is 14.2 Å². The van der Waals surface area contributed by atoms with Crippen molar-refractivity contribution >= 4 is 11.0 Å². The Balaban J connectivity index is 1.43. The summed E-state index contributed by atoms with van der Waals surface area (Å²) in [4.78, 5) is 2.53. The van der Waals surface area contributed by atoms with E-state index in [0.717, 1.165) is 66.3 Å². The fourth-order valence-corrected chi connectivity index (χ4v) is 4.47. The second-order valence-electron chi connectivity index (χ2n) is 8.06. The smallest absolute Gasteiger partial charge is 0.176 e. The lowest BCUT2D eigenvalue weighted by molar-refractivity contribution is 0.280. The van der Waals surface area contributed by atoms with Crippen molar-refractivity contribution in [1.29, 1.82) is 0 Å². The first-order valence-corrected chi connectivity index (χ1v) is 10.8. The molecule has 4 aromatic rings. The highest BCUT2D eigenvalue weighted by Crippen LogP contribution is 2.36. The zero-order valence-corrected chi connectivity index (χ0v) is 18.1. The molecule has 2 heterocycles. The van der Waals surface area contributed by atoms with Gasteiger partial charge in [-0.3, -0.25) is 4.90 Å². The average molecular weight is 414 g/mol. The van der Waals surface area contributed by atoms with Gasteiger partial charge in [-0.1, -0.05) is 42.5 Å². The lowest BCUT2D eigenvalue weighted by atomic mass is 10.0. The molecule has 4 heteroatoms. The maximum atomic E-state index is 6.25. The highest BCUT2D eigenvalue weighted by atomic mass is 16.5. The first-order chi connectivity index (χ1) is 15.2. The van der Waals surface area contributed by atoms with Crippen LogP contribution >= 0.6 is 0 Å². The molecular weight excluding hydrogens is 386 g/mol. The monoisotopic (exact) mass is 413 g/mol. The molecule has 1 aliphatic rings. The highest BCUT2D eigenvalue weighted by molar-refractivity contribution is 5.90. The van der Waals surface area contributed by atoms with Crippen LogP contribution in [-0.4, -0.2) is 32.2 Å². The topological polar surface area (TPSA) is 34.8 Å². The van der Waals surface area contributed by atoms with Gasteiger partial charge in [-0.25, -0.2) is 0 Å². The standard InChI is InChI=1S/C27H27NO3/c1-29-23-10-8-19-12-14-28(15-13-21(19)16-23)18-22-9-11-25(30-2)27-24(22)17-26(31-27)20-6-4-3-5-7-20/h3-11,16-17H,12-15,18H2,1-2H3. The number of ether oxygens (including phenoxy) is 2. The minimum atomic E-state index is 0.774. The summed E-state index contributed by atoms with van der Waals surface area (Å²) in [5.74, 6) is 2.59. The maximum Gasteiger partial charge on any atom is 0.176 e. The number of methoxy groups -OCH3 is 2. The Labute approximate surface area is 183 Å². The van der Waals surface area contributed by atoms with E-state index in [-0.39, 0.29) is 0 Å². The summed E-state index contributed by atoms with van der Waals surface area (Å²) in [6.07, 6.45) is 2.09. The maximum absolute atomic E-state index is 6.25. The molecule has 0 bridgehead atoms. The van der Waals surface area contributed by atoms with Gasteiger partial charge in [-0.05, 0) is 53.8 Å². The molecule has 0 fully saturated rings. The van der Waals surface area contributed by atoms with Gasteiger partial charge in [0.1, 0.15) is 11.5 Å². The zero-order chi connectivity index (χ0) is 21.2. The fraction of sp³-hybridized carbons (Fsp3) is 0.259. The molecule has 0 atom stereocenters. The molecule has 0 spiro atoms. The van der Waals surface area contributed by atoms with Crippen molar-refractivity contribution in [2.45, 2.75) is 19.4 Å². The van der Waals surface area contributed by atoms with Crippen LogP contribution in [0.1, 0.15) is 16.7 Å². The van der Waals surface area contributed by atoms with Gasteiger partial charge < -0.3 is 13.9 Å². The van der Waals surface area contributed by atoms with Crippen molar-refractivity contribution in [2.75, 3.05) is 27.3 Å². The van der Waals surface area contributed by atoms with E-state index < -0.39 is 0 Å². The van der Waals surface area contributed by atoms with Crippen molar-refractivity contribution < 1.29 is 13.9 Å². The summed E-state index contributed by atoms with van der Waals surface area (Å²) in [5, 5.41) is 1.13. The second-order valence-corrected chi connectivity index (χ2v) is 8.06. The molecule has 0 aliphatic carbocycles. The molecule has 0 saturated carbocycles. The zero-order valence-electron chi connectivity index (χ0n) is 18.1. The van der Waals surface area contributed by atoms with Crippen LogP contribution in [0.15, 0.2) is 71.1 Å². The van der Waals surface area contributed by atoms with E-state index in [2.05, 4.69) is 47.4 Å². The Morgan fingerprint density at radius 2 is 1.65 bits per heavy atom. The predicted molar refractivity (Wildman–Crippen MR) is 124 cm³/mol. The van der Waals surface area contributed by atoms with E-state index >= 15 is 0 Å². The fourth-order valence-electron chi connectivity index (χ4n) is 4.47. The molecule has 4 nitrogen and oxygen atoms in total. The lowest BCUT2D eigenvalue weighted by Gasteiger charge is -2.20. The molecule has 0 unspecified atom stereocenters. The number of benzene rings is 3. The van der Waals surface area contributed by atoms with Crippen LogP contribution in [-0.2, 0) is 19.4 Å². The van der Waals surface area contributed by atoms with Gasteiger partial charge in [0.15, 0.2) is 11.3 Å². The highest BCUT2D eigenvalue weighted by Gasteiger charge is 2.19. The van der Waals surface area contributed by atoms with Crippen LogP contribution in [0.2, 0.25) is 0 Å². The molecule has 158 valence electrons. The van der Waals surface area contributed by atoms with Crippen LogP contribution in [0.5, 0.6) is 11.5 Å². The Morgan fingerprint density at radius 3 is 2.42 bits per heavy atom. The van der Waals surface area contributed by atoms with Gasteiger partial charge in [0.25, 0.3) is 0 Å². The molecule has 1 aliphatic heterocycles. The number of furan rings is 1. The van der Waals surface area contributed by atoms with Crippen molar-refractivity contribution in [1.82, 2.24) is 4.90 Å². The summed E-state index contributed by atoms with van der Waals surface area (Å²) in [7, 11) is 3.42. The van der Waals surface area contributed by atoms with Crippen molar-refractivity contribution in [3.05, 3.63) is 83.4 Å². The molecule has 3 aromatic carbocycles. The van der Waals surface area contributed by atoms with Gasteiger partial charge in [-0.15, -0.1) is 0 Å². The number of rotatable bonds is 5. The summed E-state index contributed by atoms with van der Waals surface area (Å²) < 4.78 is 17.3. The van der Waals surface area contributed by atoms with E-state index in [1.165, 1.54) is 16.7 Å². The van der Waals surface area contributed by atoms with E-state index in [1.54, 1.807) is 14.2 Å². The van der Waals surface area contributed by atoms with Gasteiger partial charge in [-0.2, -0.15) is 0 Å². The van der Waals surface area contributed by atoms with Gasteiger partial charge >= 0.3 is 0 Å². The van der Waals surface area contributed by atoms with Crippen LogP contribution < -0.4 is 9.47 Å². The predicted octanol–water partition coefficient (Wildman–Crippen LogP) is 5.72. The Morgan fingerprint density at radius 1 is 0.839 bits per heavy atom. The van der Waals surface area contributed by atoms with Crippen molar-refractivity contribution in [3.8, 4) is 22.8 Å². The first kappa shape index (κ1) is 19.7. The van der Waals surface area contributed by atoms with Gasteiger partial charge in [0.2, 0.25) is 0 Å². The lowest BCUT2D eigenvalue weighted by Crippen LogP contribution is -2.26. The summed E-state index contributed by atoms with van der Waals surface area (Å²) in [6.45, 7) is 2.95. The van der Waals surface area contributed by atoms with E-state index in [4.69, 9.17) is 13.9 Å². The quantitative estimate of drug-likeness (QED) is 0.419. The molecule has 0 saturated heterocycles. The number of hydrogen-bond acceptors (Lipinski definition) is 4. The number of nitrogens with zero attached hydrogens (tertiary/aromatic N) is 1. The Bertz CT molecular complexity index is 1200. The molecule has 31 heavy (non-hydrogen) atoms. The normalized spacial score (nSPS) is 14.3.